The number of esters is 2. The molecule has 1 unspecified atom stereocenters. The third-order valence-electron chi connectivity index (χ3n) is 9.65. The Morgan fingerprint density at radius 3 is 2.51 bits per heavy atom. The summed E-state index contributed by atoms with van der Waals surface area (Å²) in [5.41, 5.74) is -0.260. The van der Waals surface area contributed by atoms with Crippen LogP contribution in [0, 0.1) is 29.6 Å². The molecular weight excluding hydrogens is 472 g/mol. The van der Waals surface area contributed by atoms with Crippen LogP contribution in [-0.4, -0.2) is 59.8 Å². The Kier molecular flexibility index (Phi) is 9.07. The zero-order chi connectivity index (χ0) is 26.9. The number of ether oxygens (including phenoxy) is 4. The van der Waals surface area contributed by atoms with E-state index in [-0.39, 0.29) is 60.3 Å². The van der Waals surface area contributed by atoms with E-state index in [4.69, 9.17) is 18.9 Å². The molecule has 1 aliphatic carbocycles. The predicted octanol–water partition coefficient (Wildman–Crippen LogP) is 4.98. The predicted molar refractivity (Wildman–Crippen MR) is 140 cm³/mol. The van der Waals surface area contributed by atoms with Crippen molar-refractivity contribution in [1.82, 2.24) is 0 Å². The number of carbonyl (C=O) groups is 2. The lowest BCUT2D eigenvalue weighted by molar-refractivity contribution is -0.205. The van der Waals surface area contributed by atoms with Crippen LogP contribution >= 0.6 is 0 Å². The van der Waals surface area contributed by atoms with Gasteiger partial charge in [0.15, 0.2) is 0 Å². The van der Waals surface area contributed by atoms with Gasteiger partial charge in [-0.2, -0.15) is 0 Å². The lowest BCUT2D eigenvalue weighted by Crippen LogP contribution is -2.58. The smallest absolute Gasteiger partial charge is 0.306 e. The van der Waals surface area contributed by atoms with Crippen molar-refractivity contribution < 1.29 is 33.6 Å². The van der Waals surface area contributed by atoms with Gasteiger partial charge in [0.2, 0.25) is 0 Å². The minimum Gasteiger partial charge on any atom is -0.462 e. The minimum atomic E-state index is -0.925. The maximum atomic E-state index is 13.0. The highest BCUT2D eigenvalue weighted by atomic mass is 16.6. The molecule has 0 aromatic carbocycles. The third kappa shape index (κ3) is 5.79. The van der Waals surface area contributed by atoms with Crippen molar-refractivity contribution in [2.45, 2.75) is 129 Å². The number of fused-ring (bicyclic) bond motifs is 2. The summed E-state index contributed by atoms with van der Waals surface area (Å²) in [6, 6.07) is 0. The Morgan fingerprint density at radius 2 is 1.81 bits per heavy atom. The van der Waals surface area contributed by atoms with E-state index in [1.165, 1.54) is 13.3 Å². The normalized spacial score (nSPS) is 43.2. The molecule has 7 nitrogen and oxygen atoms in total. The Bertz CT molecular complexity index is 842. The number of unbranched alkanes of at least 4 members (excludes halogenated alkanes) is 4. The average Bonchev–Trinajstić information content (AvgIpc) is 3.18. The second-order valence-corrected chi connectivity index (χ2v) is 12.4. The van der Waals surface area contributed by atoms with E-state index in [9.17, 15) is 14.7 Å². The quantitative estimate of drug-likeness (QED) is 0.274. The van der Waals surface area contributed by atoms with Crippen molar-refractivity contribution in [3.63, 3.8) is 0 Å². The summed E-state index contributed by atoms with van der Waals surface area (Å²) in [6.45, 7) is 14.7. The van der Waals surface area contributed by atoms with Crippen LogP contribution in [0.15, 0.2) is 12.2 Å². The fourth-order valence-electron chi connectivity index (χ4n) is 7.61. The molecule has 37 heavy (non-hydrogen) atoms. The molecule has 4 aliphatic rings. The first kappa shape index (κ1) is 28.6. The van der Waals surface area contributed by atoms with Crippen LogP contribution in [0.4, 0.5) is 0 Å². The zero-order valence-corrected chi connectivity index (χ0v) is 23.4. The summed E-state index contributed by atoms with van der Waals surface area (Å²) in [5, 5.41) is 11.1. The second kappa shape index (κ2) is 11.7. The van der Waals surface area contributed by atoms with E-state index < -0.39 is 17.8 Å². The van der Waals surface area contributed by atoms with Gasteiger partial charge in [-0.15, -0.1) is 0 Å². The number of carbonyl (C=O) groups excluding carboxylic acids is 2. The largest absolute Gasteiger partial charge is 0.462 e. The third-order valence-corrected chi connectivity index (χ3v) is 9.65. The highest BCUT2D eigenvalue weighted by Crippen LogP contribution is 2.58. The lowest BCUT2D eigenvalue weighted by atomic mass is 9.59. The minimum absolute atomic E-state index is 0.0249. The van der Waals surface area contributed by atoms with Gasteiger partial charge in [0.05, 0.1) is 24.9 Å². The van der Waals surface area contributed by atoms with Gasteiger partial charge < -0.3 is 24.1 Å². The molecule has 3 saturated heterocycles. The molecule has 0 amide bonds. The van der Waals surface area contributed by atoms with Gasteiger partial charge in [-0.05, 0) is 49.5 Å². The summed E-state index contributed by atoms with van der Waals surface area (Å²) in [4.78, 5) is 25.1. The van der Waals surface area contributed by atoms with Gasteiger partial charge in [-0.25, -0.2) is 0 Å². The van der Waals surface area contributed by atoms with Gasteiger partial charge in [0.25, 0.3) is 0 Å². The molecule has 7 heteroatoms. The van der Waals surface area contributed by atoms with Crippen LogP contribution in [0.25, 0.3) is 0 Å². The van der Waals surface area contributed by atoms with Crippen molar-refractivity contribution in [2.75, 3.05) is 6.61 Å². The first-order chi connectivity index (χ1) is 17.6. The first-order valence-corrected chi connectivity index (χ1v) is 14.6. The maximum Gasteiger partial charge on any atom is 0.306 e. The van der Waals surface area contributed by atoms with E-state index in [0.29, 0.717) is 30.9 Å². The fraction of sp³-hybridized carbons (Fsp3) is 0.867. The van der Waals surface area contributed by atoms with Crippen molar-refractivity contribution >= 4 is 11.9 Å². The molecule has 1 saturated carbocycles. The molecule has 0 radical (unpaired) electrons. The standard InChI is InChI=1S/C30H48O7/c1-7-8-9-10-11-12-25(33)37-24-15-22(32)17(2)14-23-27-26-21(13-18(3)28(27)35-20(5)31)19(4)16-34-30(24,6)29(26)36-23/h18-19,21-24,26-29,32H,2,7-16H2,1,3-6H3/t18-,19+,21+,22-,23?,24-,26+,27+,28-,29+,30+/m0/s1. The molecule has 4 fully saturated rings. The van der Waals surface area contributed by atoms with Crippen molar-refractivity contribution in [1.29, 1.82) is 0 Å². The highest BCUT2D eigenvalue weighted by Gasteiger charge is 2.65. The highest BCUT2D eigenvalue weighted by molar-refractivity contribution is 5.69. The number of aliphatic hydroxyl groups excluding tert-OH is 1. The number of hydrogen-bond acceptors (Lipinski definition) is 7. The molecular formula is C30H48O7. The molecule has 2 bridgehead atoms. The summed E-state index contributed by atoms with van der Waals surface area (Å²) in [6.07, 6.45) is 4.92. The Balaban J connectivity index is 1.65. The number of hydrogen-bond donors (Lipinski definition) is 1. The van der Waals surface area contributed by atoms with Crippen LogP contribution in [-0.2, 0) is 28.5 Å². The van der Waals surface area contributed by atoms with Gasteiger partial charge in [0, 0.05) is 31.6 Å². The van der Waals surface area contributed by atoms with Crippen molar-refractivity contribution in [3.05, 3.63) is 12.2 Å². The second-order valence-electron chi connectivity index (χ2n) is 12.4. The Hall–Kier alpha value is -1.44. The van der Waals surface area contributed by atoms with E-state index >= 15 is 0 Å². The van der Waals surface area contributed by atoms with Crippen LogP contribution < -0.4 is 0 Å². The van der Waals surface area contributed by atoms with Crippen LogP contribution in [0.2, 0.25) is 0 Å². The average molecular weight is 521 g/mol. The summed E-state index contributed by atoms with van der Waals surface area (Å²) in [7, 11) is 0. The topological polar surface area (TPSA) is 91.3 Å². The fourth-order valence-corrected chi connectivity index (χ4v) is 7.61. The monoisotopic (exact) mass is 520 g/mol. The molecule has 0 aromatic rings. The van der Waals surface area contributed by atoms with Crippen LogP contribution in [0.3, 0.4) is 0 Å². The van der Waals surface area contributed by atoms with Crippen LogP contribution in [0.1, 0.15) is 92.4 Å². The molecule has 210 valence electrons. The lowest BCUT2D eigenvalue weighted by Gasteiger charge is -2.47. The van der Waals surface area contributed by atoms with Crippen molar-refractivity contribution in [2.24, 2.45) is 29.6 Å². The van der Waals surface area contributed by atoms with Crippen LogP contribution in [0.5, 0.6) is 0 Å². The molecule has 3 aliphatic heterocycles. The molecule has 4 rings (SSSR count). The molecule has 11 atom stereocenters. The van der Waals surface area contributed by atoms with Gasteiger partial charge in [-0.3, -0.25) is 9.59 Å². The van der Waals surface area contributed by atoms with Gasteiger partial charge in [-0.1, -0.05) is 53.0 Å². The summed E-state index contributed by atoms with van der Waals surface area (Å²) >= 11 is 0. The van der Waals surface area contributed by atoms with E-state index in [1.807, 2.05) is 6.92 Å². The van der Waals surface area contributed by atoms with E-state index in [1.54, 1.807) is 0 Å². The first-order valence-electron chi connectivity index (χ1n) is 14.6. The molecule has 0 aromatic heterocycles. The van der Waals surface area contributed by atoms with Crippen molar-refractivity contribution in [3.8, 4) is 0 Å². The van der Waals surface area contributed by atoms with E-state index in [0.717, 1.165) is 32.1 Å². The number of rotatable bonds is 8. The summed E-state index contributed by atoms with van der Waals surface area (Å²) < 4.78 is 25.6. The summed E-state index contributed by atoms with van der Waals surface area (Å²) in [5.74, 6) is 0.358. The Morgan fingerprint density at radius 1 is 1.08 bits per heavy atom. The number of aliphatic hydroxyl groups is 1. The molecule has 1 N–H and O–H groups in total. The van der Waals surface area contributed by atoms with E-state index in [2.05, 4.69) is 27.4 Å². The van der Waals surface area contributed by atoms with Gasteiger partial charge in [0.1, 0.15) is 17.8 Å². The SMILES string of the molecule is C=C1CC2O[C@@H]3[C@@H]4[C@H](C[C@H](C)[C@H](OC(C)=O)[C@H]24)[C@H](C)CO[C@]3(C)[C@@H](OC(=O)CCCCCCC)C[C@@H]1O. The molecule has 3 heterocycles. The maximum absolute atomic E-state index is 13.0. The van der Waals surface area contributed by atoms with Gasteiger partial charge >= 0.3 is 11.9 Å². The Labute approximate surface area is 222 Å². The zero-order valence-electron chi connectivity index (χ0n) is 23.4. The molecule has 0 spiro atoms.